The van der Waals surface area contributed by atoms with E-state index in [1.165, 1.54) is 14.2 Å². The average molecular weight is 265 g/mol. The van der Waals surface area contributed by atoms with Crippen molar-refractivity contribution in [1.29, 1.82) is 0 Å². The lowest BCUT2D eigenvalue weighted by molar-refractivity contribution is -0.141. The Kier molecular flexibility index (Phi) is 5.36. The third kappa shape index (κ3) is 3.71. The van der Waals surface area contributed by atoms with Gasteiger partial charge in [0.1, 0.15) is 6.04 Å². The third-order valence-electron chi connectivity index (χ3n) is 2.80. The van der Waals surface area contributed by atoms with E-state index < -0.39 is 12.0 Å². The number of ether oxygens (including phenoxy) is 2. The number of hydrogen-bond acceptors (Lipinski definition) is 5. The van der Waals surface area contributed by atoms with Crippen molar-refractivity contribution in [2.45, 2.75) is 26.3 Å². The molecule has 0 saturated carbocycles. The molecule has 5 nitrogen and oxygen atoms in total. The zero-order chi connectivity index (χ0) is 14.4. The number of carbonyl (C=O) groups is 2. The quantitative estimate of drug-likeness (QED) is 0.826. The van der Waals surface area contributed by atoms with Crippen molar-refractivity contribution in [3.05, 3.63) is 29.3 Å². The van der Waals surface area contributed by atoms with Gasteiger partial charge in [-0.05, 0) is 25.5 Å². The minimum Gasteiger partial charge on any atom is -0.467 e. The summed E-state index contributed by atoms with van der Waals surface area (Å²) < 4.78 is 9.45. The molecule has 0 spiro atoms. The van der Waals surface area contributed by atoms with Crippen LogP contribution in [0.15, 0.2) is 18.2 Å². The van der Waals surface area contributed by atoms with Gasteiger partial charge in [-0.1, -0.05) is 18.6 Å². The number of nitrogens with one attached hydrogen (secondary N) is 1. The maximum absolute atomic E-state index is 11.7. The predicted molar refractivity (Wildman–Crippen MR) is 72.2 cm³/mol. The Hall–Kier alpha value is -2.04. The number of anilines is 1. The van der Waals surface area contributed by atoms with Crippen LogP contribution < -0.4 is 5.32 Å². The summed E-state index contributed by atoms with van der Waals surface area (Å²) in [6.07, 6.45) is 0.557. The van der Waals surface area contributed by atoms with E-state index in [0.717, 1.165) is 5.56 Å². The Bertz CT molecular complexity index is 471. The van der Waals surface area contributed by atoms with Gasteiger partial charge in [-0.15, -0.1) is 0 Å². The molecule has 1 aromatic carbocycles. The number of hydrogen-bond donors (Lipinski definition) is 1. The first kappa shape index (κ1) is 15.0. The number of rotatable bonds is 5. The van der Waals surface area contributed by atoms with Gasteiger partial charge in [0.15, 0.2) is 0 Å². The van der Waals surface area contributed by atoms with Crippen LogP contribution in [-0.2, 0) is 14.3 Å². The van der Waals surface area contributed by atoms with E-state index in [1.54, 1.807) is 12.1 Å². The van der Waals surface area contributed by atoms with Gasteiger partial charge in [0.05, 0.1) is 19.8 Å². The number of methoxy groups -OCH3 is 2. The molecule has 0 fully saturated rings. The summed E-state index contributed by atoms with van der Waals surface area (Å²) >= 11 is 0. The number of esters is 2. The summed E-state index contributed by atoms with van der Waals surface area (Å²) in [7, 11) is 2.66. The molecule has 1 N–H and O–H groups in total. The van der Waals surface area contributed by atoms with Crippen LogP contribution in [0.3, 0.4) is 0 Å². The largest absolute Gasteiger partial charge is 0.467 e. The molecular weight excluding hydrogens is 246 g/mol. The highest BCUT2D eigenvalue weighted by Crippen LogP contribution is 2.20. The molecule has 0 heterocycles. The van der Waals surface area contributed by atoms with Gasteiger partial charge in [0.25, 0.3) is 0 Å². The SMILES string of the molecule is CCC(Nc1ccc(C)cc1C(=O)OC)C(=O)OC. The van der Waals surface area contributed by atoms with Gasteiger partial charge in [0.2, 0.25) is 0 Å². The summed E-state index contributed by atoms with van der Waals surface area (Å²) in [4.78, 5) is 23.3. The number of aryl methyl sites for hydroxylation is 1. The van der Waals surface area contributed by atoms with Crippen molar-refractivity contribution in [2.24, 2.45) is 0 Å². The van der Waals surface area contributed by atoms with E-state index in [0.29, 0.717) is 17.7 Å². The first-order chi connectivity index (χ1) is 9.03. The van der Waals surface area contributed by atoms with Crippen molar-refractivity contribution >= 4 is 17.6 Å². The topological polar surface area (TPSA) is 64.6 Å². The van der Waals surface area contributed by atoms with Crippen LogP contribution in [0.1, 0.15) is 29.3 Å². The van der Waals surface area contributed by atoms with Crippen molar-refractivity contribution < 1.29 is 19.1 Å². The molecule has 0 radical (unpaired) electrons. The smallest absolute Gasteiger partial charge is 0.339 e. The molecule has 1 rings (SSSR count). The molecule has 104 valence electrons. The Labute approximate surface area is 112 Å². The molecule has 1 aromatic rings. The van der Waals surface area contributed by atoms with E-state index in [1.807, 2.05) is 19.9 Å². The highest BCUT2D eigenvalue weighted by Gasteiger charge is 2.20. The Morgan fingerprint density at radius 3 is 2.47 bits per heavy atom. The third-order valence-corrected chi connectivity index (χ3v) is 2.80. The lowest BCUT2D eigenvalue weighted by Gasteiger charge is -2.18. The highest BCUT2D eigenvalue weighted by atomic mass is 16.5. The van der Waals surface area contributed by atoms with Gasteiger partial charge < -0.3 is 14.8 Å². The van der Waals surface area contributed by atoms with Crippen LogP contribution in [0.4, 0.5) is 5.69 Å². The fourth-order valence-electron chi connectivity index (χ4n) is 1.72. The first-order valence-corrected chi connectivity index (χ1v) is 6.06. The van der Waals surface area contributed by atoms with Crippen LogP contribution in [0.5, 0.6) is 0 Å². The van der Waals surface area contributed by atoms with Crippen molar-refractivity contribution in [3.8, 4) is 0 Å². The van der Waals surface area contributed by atoms with Crippen LogP contribution in [0, 0.1) is 6.92 Å². The van der Waals surface area contributed by atoms with Gasteiger partial charge in [-0.25, -0.2) is 9.59 Å². The fraction of sp³-hybridized carbons (Fsp3) is 0.429. The molecular formula is C14H19NO4. The van der Waals surface area contributed by atoms with E-state index in [9.17, 15) is 9.59 Å². The molecule has 19 heavy (non-hydrogen) atoms. The van der Waals surface area contributed by atoms with Crippen LogP contribution in [0.2, 0.25) is 0 Å². The number of carbonyl (C=O) groups excluding carboxylic acids is 2. The molecule has 1 atom stereocenters. The molecule has 5 heteroatoms. The maximum atomic E-state index is 11.7. The van der Waals surface area contributed by atoms with E-state index in [-0.39, 0.29) is 5.97 Å². The minimum atomic E-state index is -0.490. The zero-order valence-electron chi connectivity index (χ0n) is 11.6. The van der Waals surface area contributed by atoms with Gasteiger partial charge in [0, 0.05) is 5.69 Å². The van der Waals surface area contributed by atoms with Crippen molar-refractivity contribution in [2.75, 3.05) is 19.5 Å². The Morgan fingerprint density at radius 1 is 1.26 bits per heavy atom. The lowest BCUT2D eigenvalue weighted by atomic mass is 10.1. The van der Waals surface area contributed by atoms with Gasteiger partial charge >= 0.3 is 11.9 Å². The molecule has 0 aliphatic heterocycles. The van der Waals surface area contributed by atoms with Crippen LogP contribution >= 0.6 is 0 Å². The molecule has 0 aliphatic rings. The summed E-state index contributed by atoms with van der Waals surface area (Å²) in [6, 6.07) is 4.85. The van der Waals surface area contributed by atoms with E-state index in [4.69, 9.17) is 9.47 Å². The second-order valence-electron chi connectivity index (χ2n) is 4.17. The molecule has 0 aromatic heterocycles. The summed E-state index contributed by atoms with van der Waals surface area (Å²) in [5, 5.41) is 3.02. The van der Waals surface area contributed by atoms with E-state index >= 15 is 0 Å². The van der Waals surface area contributed by atoms with Gasteiger partial charge in [-0.3, -0.25) is 0 Å². The van der Waals surface area contributed by atoms with Crippen molar-refractivity contribution in [3.63, 3.8) is 0 Å². The summed E-state index contributed by atoms with van der Waals surface area (Å²) in [5.41, 5.74) is 1.91. The molecule has 0 amide bonds. The molecule has 0 bridgehead atoms. The highest BCUT2D eigenvalue weighted by molar-refractivity contribution is 5.96. The Balaban J connectivity index is 3.05. The Morgan fingerprint density at radius 2 is 1.95 bits per heavy atom. The number of benzene rings is 1. The summed E-state index contributed by atoms with van der Waals surface area (Å²) in [5.74, 6) is -0.801. The minimum absolute atomic E-state index is 0.362. The van der Waals surface area contributed by atoms with E-state index in [2.05, 4.69) is 5.32 Å². The first-order valence-electron chi connectivity index (χ1n) is 6.06. The second-order valence-corrected chi connectivity index (χ2v) is 4.17. The van der Waals surface area contributed by atoms with Crippen molar-refractivity contribution in [1.82, 2.24) is 0 Å². The fourth-order valence-corrected chi connectivity index (χ4v) is 1.72. The molecule has 1 unspecified atom stereocenters. The monoisotopic (exact) mass is 265 g/mol. The second kappa shape index (κ2) is 6.78. The zero-order valence-corrected chi connectivity index (χ0v) is 11.6. The molecule has 0 aliphatic carbocycles. The standard InChI is InChI=1S/C14H19NO4/c1-5-11(14(17)19-4)15-12-7-6-9(2)8-10(12)13(16)18-3/h6-8,11,15H,5H2,1-4H3. The summed E-state index contributed by atoms with van der Waals surface area (Å²) in [6.45, 7) is 3.74. The van der Waals surface area contributed by atoms with Crippen LogP contribution in [-0.4, -0.2) is 32.2 Å². The predicted octanol–water partition coefficient (Wildman–Crippen LogP) is 2.15. The van der Waals surface area contributed by atoms with Gasteiger partial charge in [-0.2, -0.15) is 0 Å². The normalized spacial score (nSPS) is 11.6. The molecule has 0 saturated heterocycles. The lowest BCUT2D eigenvalue weighted by Crippen LogP contribution is -2.30. The average Bonchev–Trinajstić information content (AvgIpc) is 2.44. The van der Waals surface area contributed by atoms with Crippen LogP contribution in [0.25, 0.3) is 0 Å². The maximum Gasteiger partial charge on any atom is 0.339 e.